The Morgan fingerprint density at radius 1 is 0.828 bits per heavy atom. The number of amides is 1. The summed E-state index contributed by atoms with van der Waals surface area (Å²) in [6.07, 6.45) is 0. The van der Waals surface area contributed by atoms with E-state index in [1.54, 1.807) is 0 Å². The molecule has 1 N–H and O–H groups in total. The molecule has 0 aliphatic heterocycles. The van der Waals surface area contributed by atoms with Gasteiger partial charge in [-0.3, -0.25) is 4.79 Å². The van der Waals surface area contributed by atoms with E-state index in [1.807, 2.05) is 60.7 Å². The van der Waals surface area contributed by atoms with E-state index in [4.69, 9.17) is 0 Å². The molecule has 0 fully saturated rings. The summed E-state index contributed by atoms with van der Waals surface area (Å²) >= 11 is 0. The fourth-order valence-corrected chi connectivity index (χ4v) is 3.99. The minimum atomic E-state index is -3.52. The zero-order valence-electron chi connectivity index (χ0n) is 16.4. The van der Waals surface area contributed by atoms with E-state index < -0.39 is 10.0 Å². The van der Waals surface area contributed by atoms with E-state index in [0.717, 1.165) is 15.4 Å². The van der Waals surface area contributed by atoms with Gasteiger partial charge in [-0.05, 0) is 35.4 Å². The molecule has 0 aliphatic carbocycles. The van der Waals surface area contributed by atoms with Crippen LogP contribution in [0.25, 0.3) is 0 Å². The van der Waals surface area contributed by atoms with Crippen molar-refractivity contribution in [2.75, 3.05) is 20.6 Å². The van der Waals surface area contributed by atoms with Crippen molar-refractivity contribution < 1.29 is 13.2 Å². The monoisotopic (exact) mass is 408 g/mol. The van der Waals surface area contributed by atoms with Crippen molar-refractivity contribution >= 4 is 15.9 Å². The van der Waals surface area contributed by atoms with Crippen LogP contribution >= 0.6 is 0 Å². The number of hydrogen-bond donors (Lipinski definition) is 1. The predicted molar refractivity (Wildman–Crippen MR) is 114 cm³/mol. The molecule has 29 heavy (non-hydrogen) atoms. The zero-order chi connectivity index (χ0) is 20.9. The minimum absolute atomic E-state index is 0.0229. The minimum Gasteiger partial charge on any atom is -0.351 e. The van der Waals surface area contributed by atoms with Gasteiger partial charge in [-0.15, -0.1) is 0 Å². The second kappa shape index (κ2) is 9.03. The molecule has 0 atom stereocenters. The molecule has 3 rings (SSSR count). The number of carbonyl (C=O) groups is 1. The van der Waals surface area contributed by atoms with Crippen molar-refractivity contribution in [3.05, 3.63) is 102 Å². The highest BCUT2D eigenvalue weighted by atomic mass is 32.2. The number of nitrogens with zero attached hydrogens (tertiary/aromatic N) is 1. The van der Waals surface area contributed by atoms with Gasteiger partial charge in [-0.2, -0.15) is 0 Å². The maximum Gasteiger partial charge on any atom is 0.251 e. The number of sulfonamides is 1. The molecular formula is C23H24N2O3S. The lowest BCUT2D eigenvalue weighted by molar-refractivity contribution is 0.0952. The van der Waals surface area contributed by atoms with Gasteiger partial charge in [0.15, 0.2) is 0 Å². The van der Waals surface area contributed by atoms with E-state index in [9.17, 15) is 13.2 Å². The maximum atomic E-state index is 12.6. The fourth-order valence-electron chi connectivity index (χ4n) is 3.08. The van der Waals surface area contributed by atoms with Gasteiger partial charge in [0.1, 0.15) is 0 Å². The lowest BCUT2D eigenvalue weighted by atomic mass is 9.91. The first kappa shape index (κ1) is 20.8. The van der Waals surface area contributed by atoms with Crippen LogP contribution in [0.5, 0.6) is 0 Å². The summed E-state index contributed by atoms with van der Waals surface area (Å²) in [5, 5.41) is 2.98. The van der Waals surface area contributed by atoms with Crippen LogP contribution in [-0.2, 0) is 10.0 Å². The van der Waals surface area contributed by atoms with Crippen molar-refractivity contribution in [2.24, 2.45) is 0 Å². The summed E-state index contributed by atoms with van der Waals surface area (Å²) in [7, 11) is -0.565. The Morgan fingerprint density at radius 3 is 1.76 bits per heavy atom. The van der Waals surface area contributed by atoms with E-state index in [0.29, 0.717) is 12.1 Å². The summed E-state index contributed by atoms with van der Waals surface area (Å²) in [4.78, 5) is 12.8. The lowest BCUT2D eigenvalue weighted by Gasteiger charge is -2.19. The molecule has 0 radical (unpaired) electrons. The molecule has 6 heteroatoms. The molecule has 0 unspecified atom stereocenters. The Hall–Kier alpha value is -2.96. The average Bonchev–Trinajstić information content (AvgIpc) is 2.75. The third-order valence-electron chi connectivity index (χ3n) is 4.77. The molecule has 0 spiro atoms. The Labute approximate surface area is 172 Å². The van der Waals surface area contributed by atoms with Gasteiger partial charge in [0, 0.05) is 32.1 Å². The summed E-state index contributed by atoms with van der Waals surface area (Å²) in [6, 6.07) is 26.0. The molecule has 150 valence electrons. The van der Waals surface area contributed by atoms with Crippen molar-refractivity contribution in [1.29, 1.82) is 0 Å². The molecule has 1 amide bonds. The molecule has 0 aromatic heterocycles. The number of rotatable bonds is 7. The Kier molecular flexibility index (Phi) is 6.46. The molecular weight excluding hydrogens is 384 g/mol. The topological polar surface area (TPSA) is 66.5 Å². The quantitative estimate of drug-likeness (QED) is 0.651. The Morgan fingerprint density at radius 2 is 1.31 bits per heavy atom. The third kappa shape index (κ3) is 4.91. The molecule has 5 nitrogen and oxygen atoms in total. The van der Waals surface area contributed by atoms with Crippen LogP contribution in [0.15, 0.2) is 89.8 Å². The summed E-state index contributed by atoms with van der Waals surface area (Å²) in [5.41, 5.74) is 2.65. The number of nitrogens with one attached hydrogen (secondary N) is 1. The molecule has 0 aliphatic rings. The van der Waals surface area contributed by atoms with Crippen LogP contribution in [0.1, 0.15) is 27.4 Å². The third-order valence-corrected chi connectivity index (χ3v) is 6.60. The largest absolute Gasteiger partial charge is 0.351 e. The predicted octanol–water partition coefficient (Wildman–Crippen LogP) is 3.50. The van der Waals surface area contributed by atoms with E-state index in [-0.39, 0.29) is 16.7 Å². The van der Waals surface area contributed by atoms with Crippen molar-refractivity contribution in [3.63, 3.8) is 0 Å². The van der Waals surface area contributed by atoms with E-state index in [2.05, 4.69) is 5.32 Å². The molecule has 3 aromatic carbocycles. The smallest absolute Gasteiger partial charge is 0.251 e. The highest BCUT2D eigenvalue weighted by Gasteiger charge is 2.19. The number of carbonyl (C=O) groups excluding carboxylic acids is 1. The summed E-state index contributed by atoms with van der Waals surface area (Å²) in [6.45, 7) is 0.435. The van der Waals surface area contributed by atoms with Crippen LogP contribution in [0, 0.1) is 0 Å². The number of hydrogen-bond acceptors (Lipinski definition) is 3. The second-order valence-corrected chi connectivity index (χ2v) is 9.05. The van der Waals surface area contributed by atoms with Crippen LogP contribution < -0.4 is 5.32 Å². The summed E-state index contributed by atoms with van der Waals surface area (Å²) < 4.78 is 25.5. The normalized spacial score (nSPS) is 11.6. The van der Waals surface area contributed by atoms with Crippen LogP contribution in [0.2, 0.25) is 0 Å². The lowest BCUT2D eigenvalue weighted by Crippen LogP contribution is -2.29. The molecule has 0 heterocycles. The maximum absolute atomic E-state index is 12.6. The van der Waals surface area contributed by atoms with E-state index >= 15 is 0 Å². The Bertz CT molecular complexity index is 1010. The molecule has 3 aromatic rings. The fraction of sp³-hybridized carbons (Fsp3) is 0.174. The first-order valence-corrected chi connectivity index (χ1v) is 10.7. The Balaban J connectivity index is 1.76. The van der Waals surface area contributed by atoms with Crippen LogP contribution in [-0.4, -0.2) is 39.3 Å². The molecule has 0 saturated carbocycles. The highest BCUT2D eigenvalue weighted by molar-refractivity contribution is 7.89. The van der Waals surface area contributed by atoms with Crippen molar-refractivity contribution in [3.8, 4) is 0 Å². The highest BCUT2D eigenvalue weighted by Crippen LogP contribution is 2.24. The van der Waals surface area contributed by atoms with Crippen LogP contribution in [0.4, 0.5) is 0 Å². The zero-order valence-corrected chi connectivity index (χ0v) is 17.3. The van der Waals surface area contributed by atoms with Crippen LogP contribution in [0.3, 0.4) is 0 Å². The van der Waals surface area contributed by atoms with Crippen molar-refractivity contribution in [1.82, 2.24) is 9.62 Å². The standard InChI is InChI=1S/C23H24N2O3S/c1-25(2)29(27,28)21-15-13-20(14-16-21)23(26)24-17-22(18-9-5-3-6-10-18)19-11-7-4-8-12-19/h3-16,22H,17H2,1-2H3,(H,24,26). The van der Waals surface area contributed by atoms with Gasteiger partial charge >= 0.3 is 0 Å². The van der Waals surface area contributed by atoms with Gasteiger partial charge in [-0.1, -0.05) is 60.7 Å². The first-order valence-electron chi connectivity index (χ1n) is 9.30. The first-order chi connectivity index (χ1) is 13.9. The number of benzene rings is 3. The van der Waals surface area contributed by atoms with Gasteiger partial charge in [0.2, 0.25) is 10.0 Å². The second-order valence-electron chi connectivity index (χ2n) is 6.90. The van der Waals surface area contributed by atoms with Gasteiger partial charge in [-0.25, -0.2) is 12.7 Å². The van der Waals surface area contributed by atoms with Gasteiger partial charge in [0.05, 0.1) is 4.90 Å². The van der Waals surface area contributed by atoms with Crippen molar-refractivity contribution in [2.45, 2.75) is 10.8 Å². The van der Waals surface area contributed by atoms with Gasteiger partial charge in [0.25, 0.3) is 5.91 Å². The molecule has 0 bridgehead atoms. The SMILES string of the molecule is CN(C)S(=O)(=O)c1ccc(C(=O)NCC(c2ccccc2)c2ccccc2)cc1. The molecule has 0 saturated heterocycles. The van der Waals surface area contributed by atoms with Gasteiger partial charge < -0.3 is 5.32 Å². The summed E-state index contributed by atoms with van der Waals surface area (Å²) in [5.74, 6) is -0.217. The average molecular weight is 409 g/mol. The van der Waals surface area contributed by atoms with E-state index in [1.165, 1.54) is 38.4 Å².